The molecule has 4 rings (SSSR count). The Labute approximate surface area is 195 Å². The van der Waals surface area contributed by atoms with Gasteiger partial charge in [0.2, 0.25) is 5.75 Å². The Kier molecular flexibility index (Phi) is 6.29. The van der Waals surface area contributed by atoms with Gasteiger partial charge in [0.15, 0.2) is 11.4 Å². The molecule has 0 spiro atoms. The molecule has 0 radical (unpaired) electrons. The highest BCUT2D eigenvalue weighted by Gasteiger charge is 2.23. The molecule has 0 fully saturated rings. The molecule has 2 heterocycles. The summed E-state index contributed by atoms with van der Waals surface area (Å²) in [6, 6.07) is 10.9. The Morgan fingerprint density at radius 3 is 2.56 bits per heavy atom. The van der Waals surface area contributed by atoms with Crippen LogP contribution in [0.4, 0.5) is 10.2 Å². The number of aromatic nitrogens is 1. The fourth-order valence-corrected chi connectivity index (χ4v) is 4.30. The number of nitrogens with zero attached hydrogens (tertiary/aromatic N) is 2. The molecular formula is C24H22Cl2FN3O2. The smallest absolute Gasteiger partial charge is 0.205 e. The zero-order valence-corrected chi connectivity index (χ0v) is 19.3. The third kappa shape index (κ3) is 4.26. The average molecular weight is 474 g/mol. The van der Waals surface area contributed by atoms with Crippen LogP contribution in [0.25, 0.3) is 22.1 Å². The van der Waals surface area contributed by atoms with Gasteiger partial charge in [-0.25, -0.2) is 9.37 Å². The summed E-state index contributed by atoms with van der Waals surface area (Å²) in [5.41, 5.74) is 9.91. The lowest BCUT2D eigenvalue weighted by atomic mass is 10.0. The number of halogens is 3. The SMILES string of the molecule is C[C@@H](Oc1c(N)ncc2c(-c3ccc(CN(C)C)cc3)coc12)c1c(Cl)ccc(F)c1Cl. The Morgan fingerprint density at radius 2 is 1.88 bits per heavy atom. The first kappa shape index (κ1) is 22.4. The van der Waals surface area contributed by atoms with Gasteiger partial charge in [0, 0.05) is 28.9 Å². The quantitative estimate of drug-likeness (QED) is 0.314. The second kappa shape index (κ2) is 8.98. The van der Waals surface area contributed by atoms with Crippen molar-refractivity contribution in [2.75, 3.05) is 19.8 Å². The molecule has 0 aliphatic heterocycles. The molecule has 0 aliphatic carbocycles. The van der Waals surface area contributed by atoms with E-state index in [1.165, 1.54) is 17.7 Å². The summed E-state index contributed by atoms with van der Waals surface area (Å²) < 4.78 is 25.9. The number of benzene rings is 2. The number of nitrogen functional groups attached to an aromatic ring is 1. The number of furan rings is 1. The number of pyridine rings is 1. The monoisotopic (exact) mass is 473 g/mol. The normalized spacial score (nSPS) is 12.5. The highest BCUT2D eigenvalue weighted by molar-refractivity contribution is 6.36. The van der Waals surface area contributed by atoms with Crippen molar-refractivity contribution in [2.45, 2.75) is 19.6 Å². The summed E-state index contributed by atoms with van der Waals surface area (Å²) in [6.45, 7) is 2.56. The lowest BCUT2D eigenvalue weighted by Gasteiger charge is -2.18. The largest absolute Gasteiger partial charge is 0.478 e. The van der Waals surface area contributed by atoms with E-state index in [0.29, 0.717) is 16.2 Å². The van der Waals surface area contributed by atoms with Crippen molar-refractivity contribution in [1.82, 2.24) is 9.88 Å². The molecule has 2 aromatic heterocycles. The molecule has 0 aliphatic rings. The average Bonchev–Trinajstić information content (AvgIpc) is 3.17. The van der Waals surface area contributed by atoms with Crippen LogP contribution in [0.1, 0.15) is 24.2 Å². The number of ether oxygens (including phenoxy) is 1. The van der Waals surface area contributed by atoms with E-state index in [0.717, 1.165) is 23.1 Å². The van der Waals surface area contributed by atoms with Gasteiger partial charge in [-0.05, 0) is 44.3 Å². The van der Waals surface area contributed by atoms with E-state index >= 15 is 0 Å². The summed E-state index contributed by atoms with van der Waals surface area (Å²) in [5.74, 6) is -0.180. The van der Waals surface area contributed by atoms with Crippen molar-refractivity contribution in [3.63, 3.8) is 0 Å². The molecule has 4 aromatic rings. The minimum atomic E-state index is -0.695. The Bertz CT molecular complexity index is 1270. The van der Waals surface area contributed by atoms with Crippen LogP contribution in [0.3, 0.4) is 0 Å². The van der Waals surface area contributed by atoms with Gasteiger partial charge in [0.25, 0.3) is 0 Å². The first-order valence-corrected chi connectivity index (χ1v) is 10.7. The number of fused-ring (bicyclic) bond motifs is 1. The van der Waals surface area contributed by atoms with Gasteiger partial charge >= 0.3 is 0 Å². The van der Waals surface area contributed by atoms with E-state index in [9.17, 15) is 4.39 Å². The first-order chi connectivity index (χ1) is 15.3. The highest BCUT2D eigenvalue weighted by Crippen LogP contribution is 2.41. The molecule has 166 valence electrons. The van der Waals surface area contributed by atoms with Crippen molar-refractivity contribution in [2.24, 2.45) is 0 Å². The van der Waals surface area contributed by atoms with Gasteiger partial charge in [0.1, 0.15) is 11.9 Å². The molecule has 2 aromatic carbocycles. The van der Waals surface area contributed by atoms with Gasteiger partial charge in [-0.1, -0.05) is 47.5 Å². The van der Waals surface area contributed by atoms with Crippen molar-refractivity contribution >= 4 is 40.0 Å². The predicted molar refractivity (Wildman–Crippen MR) is 127 cm³/mol. The molecule has 0 bridgehead atoms. The number of rotatable bonds is 6. The maximum Gasteiger partial charge on any atom is 0.205 e. The molecule has 32 heavy (non-hydrogen) atoms. The van der Waals surface area contributed by atoms with E-state index < -0.39 is 11.9 Å². The van der Waals surface area contributed by atoms with Crippen molar-refractivity contribution in [1.29, 1.82) is 0 Å². The number of hydrogen-bond donors (Lipinski definition) is 1. The number of hydrogen-bond acceptors (Lipinski definition) is 5. The lowest BCUT2D eigenvalue weighted by molar-refractivity contribution is 0.227. The number of anilines is 1. The summed E-state index contributed by atoms with van der Waals surface area (Å²) in [7, 11) is 4.06. The highest BCUT2D eigenvalue weighted by atomic mass is 35.5. The fourth-order valence-electron chi connectivity index (χ4n) is 3.62. The van der Waals surface area contributed by atoms with Gasteiger partial charge in [-0.2, -0.15) is 0 Å². The maximum atomic E-state index is 14.0. The molecule has 8 heteroatoms. The second-order valence-corrected chi connectivity index (χ2v) is 8.60. The molecular weight excluding hydrogens is 452 g/mol. The topological polar surface area (TPSA) is 64.5 Å². The van der Waals surface area contributed by atoms with Crippen LogP contribution < -0.4 is 10.5 Å². The zero-order valence-electron chi connectivity index (χ0n) is 17.8. The van der Waals surface area contributed by atoms with E-state index in [2.05, 4.69) is 22.0 Å². The van der Waals surface area contributed by atoms with Crippen LogP contribution in [-0.4, -0.2) is 24.0 Å². The lowest BCUT2D eigenvalue weighted by Crippen LogP contribution is -2.10. The van der Waals surface area contributed by atoms with E-state index in [1.54, 1.807) is 19.4 Å². The third-order valence-corrected chi connectivity index (χ3v) is 5.86. The minimum Gasteiger partial charge on any atom is -0.478 e. The standard InChI is InChI=1S/C24H22Cl2FN3O2/c1-13(20-18(25)8-9-19(27)21(20)26)32-23-22-16(10-29-24(23)28)17(12-31-22)15-6-4-14(5-7-15)11-30(2)3/h4-10,12-13H,11H2,1-3H3,(H2,28,29)/t13-/m1/s1. The second-order valence-electron chi connectivity index (χ2n) is 7.82. The van der Waals surface area contributed by atoms with Crippen LogP contribution >= 0.6 is 23.2 Å². The summed E-state index contributed by atoms with van der Waals surface area (Å²) >= 11 is 12.4. The van der Waals surface area contributed by atoms with Crippen molar-refractivity contribution in [3.8, 4) is 16.9 Å². The van der Waals surface area contributed by atoms with Crippen LogP contribution in [0.2, 0.25) is 10.0 Å². The zero-order chi connectivity index (χ0) is 23.0. The van der Waals surface area contributed by atoms with E-state index in [4.69, 9.17) is 38.1 Å². The van der Waals surface area contributed by atoms with Crippen LogP contribution in [0, 0.1) is 5.82 Å². The molecule has 5 nitrogen and oxygen atoms in total. The summed E-state index contributed by atoms with van der Waals surface area (Å²) in [4.78, 5) is 6.39. The number of nitrogens with two attached hydrogens (primary N) is 1. The van der Waals surface area contributed by atoms with Gasteiger partial charge in [-0.3, -0.25) is 0 Å². The van der Waals surface area contributed by atoms with E-state index in [1.807, 2.05) is 26.2 Å². The molecule has 0 saturated heterocycles. The third-order valence-electron chi connectivity index (χ3n) is 5.15. The molecule has 0 saturated carbocycles. The molecule has 0 amide bonds. The van der Waals surface area contributed by atoms with E-state index in [-0.39, 0.29) is 16.6 Å². The van der Waals surface area contributed by atoms with Crippen LogP contribution in [0.15, 0.2) is 53.3 Å². The van der Waals surface area contributed by atoms with Crippen molar-refractivity contribution < 1.29 is 13.5 Å². The maximum absolute atomic E-state index is 14.0. The Hall–Kier alpha value is -2.80. The first-order valence-electron chi connectivity index (χ1n) is 9.96. The van der Waals surface area contributed by atoms with Crippen molar-refractivity contribution in [3.05, 3.63) is 75.8 Å². The minimum absolute atomic E-state index is 0.0957. The van der Waals surface area contributed by atoms with Crippen LogP contribution in [-0.2, 0) is 6.54 Å². The predicted octanol–water partition coefficient (Wildman–Crippen LogP) is 6.72. The van der Waals surface area contributed by atoms with Gasteiger partial charge < -0.3 is 19.8 Å². The molecule has 1 atom stereocenters. The summed E-state index contributed by atoms with van der Waals surface area (Å²) in [5, 5.41) is 0.945. The Morgan fingerprint density at radius 1 is 1.16 bits per heavy atom. The Balaban J connectivity index is 1.71. The van der Waals surface area contributed by atoms with Gasteiger partial charge in [0.05, 0.1) is 16.7 Å². The fraction of sp³-hybridized carbons (Fsp3) is 0.208. The molecule has 0 unspecified atom stereocenters. The van der Waals surface area contributed by atoms with Crippen LogP contribution in [0.5, 0.6) is 5.75 Å². The van der Waals surface area contributed by atoms with Gasteiger partial charge in [-0.15, -0.1) is 0 Å². The molecule has 2 N–H and O–H groups in total. The summed E-state index contributed by atoms with van der Waals surface area (Å²) in [6.07, 6.45) is 2.60.